The quantitative estimate of drug-likeness (QED) is 0.398. The highest BCUT2D eigenvalue weighted by Crippen LogP contribution is 2.31. The van der Waals surface area contributed by atoms with Crippen LogP contribution in [0.1, 0.15) is 36.2 Å². The molecule has 160 valence electrons. The van der Waals surface area contributed by atoms with E-state index in [0.717, 1.165) is 6.07 Å². The normalized spacial score (nSPS) is 13.3. The van der Waals surface area contributed by atoms with Gasteiger partial charge >= 0.3 is 6.18 Å². The molecule has 7 nitrogen and oxygen atoms in total. The Kier molecular flexibility index (Phi) is 6.76. The SMILES string of the molecule is CN=C(NCCC(C)c1cccc(C(F)(F)F)c1)NCc1nc(-c2ccco2)n[nH]1. The van der Waals surface area contributed by atoms with E-state index in [1.54, 1.807) is 31.5 Å². The first-order valence-corrected chi connectivity index (χ1v) is 9.43. The summed E-state index contributed by atoms with van der Waals surface area (Å²) in [6, 6.07) is 8.98. The number of hydrogen-bond acceptors (Lipinski definition) is 4. The molecule has 0 radical (unpaired) electrons. The molecular weight excluding hydrogens is 397 g/mol. The summed E-state index contributed by atoms with van der Waals surface area (Å²) in [6.07, 6.45) is -2.14. The zero-order chi connectivity index (χ0) is 21.6. The van der Waals surface area contributed by atoms with Crippen molar-refractivity contribution in [1.29, 1.82) is 0 Å². The molecule has 0 fully saturated rings. The number of halogens is 3. The molecule has 0 bridgehead atoms. The summed E-state index contributed by atoms with van der Waals surface area (Å²) in [7, 11) is 1.64. The molecule has 0 aliphatic carbocycles. The third-order valence-corrected chi connectivity index (χ3v) is 4.57. The van der Waals surface area contributed by atoms with Crippen molar-refractivity contribution in [2.75, 3.05) is 13.6 Å². The van der Waals surface area contributed by atoms with Crippen LogP contribution in [0.15, 0.2) is 52.1 Å². The first-order valence-electron chi connectivity index (χ1n) is 9.43. The lowest BCUT2D eigenvalue weighted by molar-refractivity contribution is -0.137. The second-order valence-corrected chi connectivity index (χ2v) is 6.75. The van der Waals surface area contributed by atoms with Gasteiger partial charge in [0.1, 0.15) is 5.82 Å². The Morgan fingerprint density at radius 2 is 2.07 bits per heavy atom. The molecule has 1 aromatic carbocycles. The van der Waals surface area contributed by atoms with Gasteiger partial charge in [-0.25, -0.2) is 4.98 Å². The van der Waals surface area contributed by atoms with Crippen LogP contribution in [0, 0.1) is 0 Å². The first kappa shape index (κ1) is 21.4. The molecule has 0 aliphatic heterocycles. The predicted molar refractivity (Wildman–Crippen MR) is 107 cm³/mol. The molecule has 30 heavy (non-hydrogen) atoms. The van der Waals surface area contributed by atoms with Gasteiger partial charge in [0.2, 0.25) is 5.82 Å². The van der Waals surface area contributed by atoms with E-state index in [2.05, 4.69) is 30.8 Å². The third kappa shape index (κ3) is 5.62. The maximum Gasteiger partial charge on any atom is 0.416 e. The number of aromatic amines is 1. The molecule has 0 saturated heterocycles. The lowest BCUT2D eigenvalue weighted by Gasteiger charge is -2.16. The number of nitrogens with zero attached hydrogens (tertiary/aromatic N) is 3. The van der Waals surface area contributed by atoms with E-state index in [1.807, 2.05) is 6.92 Å². The Hall–Kier alpha value is -3.30. The van der Waals surface area contributed by atoms with E-state index < -0.39 is 11.7 Å². The fourth-order valence-electron chi connectivity index (χ4n) is 2.87. The average molecular weight is 420 g/mol. The van der Waals surface area contributed by atoms with Crippen molar-refractivity contribution in [2.24, 2.45) is 4.99 Å². The molecule has 1 atom stereocenters. The number of H-pyrrole nitrogens is 1. The van der Waals surface area contributed by atoms with Crippen LogP contribution in [0.4, 0.5) is 13.2 Å². The molecule has 3 N–H and O–H groups in total. The highest BCUT2D eigenvalue weighted by molar-refractivity contribution is 5.79. The summed E-state index contributed by atoms with van der Waals surface area (Å²) in [4.78, 5) is 8.48. The Labute approximate surface area is 171 Å². The van der Waals surface area contributed by atoms with Crippen molar-refractivity contribution in [2.45, 2.75) is 32.0 Å². The molecule has 0 aliphatic rings. The summed E-state index contributed by atoms with van der Waals surface area (Å²) >= 11 is 0. The molecule has 10 heteroatoms. The first-order chi connectivity index (χ1) is 14.4. The smallest absolute Gasteiger partial charge is 0.416 e. The third-order valence-electron chi connectivity index (χ3n) is 4.57. The van der Waals surface area contributed by atoms with Gasteiger partial charge in [0.25, 0.3) is 0 Å². The van der Waals surface area contributed by atoms with Crippen molar-refractivity contribution in [1.82, 2.24) is 25.8 Å². The largest absolute Gasteiger partial charge is 0.461 e. The Morgan fingerprint density at radius 3 is 2.77 bits per heavy atom. The second kappa shape index (κ2) is 9.47. The number of rotatable bonds is 7. The number of aromatic nitrogens is 3. The van der Waals surface area contributed by atoms with Crippen molar-refractivity contribution < 1.29 is 17.6 Å². The summed E-state index contributed by atoms with van der Waals surface area (Å²) in [5.74, 6) is 2.17. The fourth-order valence-corrected chi connectivity index (χ4v) is 2.87. The number of aliphatic imine (C=N–C) groups is 1. The van der Waals surface area contributed by atoms with E-state index in [1.165, 1.54) is 12.1 Å². The summed E-state index contributed by atoms with van der Waals surface area (Å²) in [5.41, 5.74) is 0.0277. The minimum absolute atomic E-state index is 0.0389. The van der Waals surface area contributed by atoms with Crippen molar-refractivity contribution in [3.8, 4) is 11.6 Å². The minimum Gasteiger partial charge on any atom is -0.461 e. The zero-order valence-corrected chi connectivity index (χ0v) is 16.6. The Morgan fingerprint density at radius 1 is 1.23 bits per heavy atom. The topological polar surface area (TPSA) is 91.1 Å². The zero-order valence-electron chi connectivity index (χ0n) is 16.6. The van der Waals surface area contributed by atoms with E-state index >= 15 is 0 Å². The highest BCUT2D eigenvalue weighted by atomic mass is 19.4. The van der Waals surface area contributed by atoms with E-state index in [-0.39, 0.29) is 5.92 Å². The van der Waals surface area contributed by atoms with Gasteiger partial charge in [-0.05, 0) is 36.1 Å². The minimum atomic E-state index is -4.34. The van der Waals surface area contributed by atoms with Crippen LogP contribution in [-0.4, -0.2) is 34.7 Å². The van der Waals surface area contributed by atoms with Crippen molar-refractivity contribution in [3.05, 3.63) is 59.6 Å². The molecule has 0 amide bonds. The molecule has 3 rings (SSSR count). The van der Waals surface area contributed by atoms with Gasteiger partial charge in [0.05, 0.1) is 18.4 Å². The van der Waals surface area contributed by atoms with Crippen LogP contribution in [0.3, 0.4) is 0 Å². The van der Waals surface area contributed by atoms with Gasteiger partial charge in [0.15, 0.2) is 11.7 Å². The lowest BCUT2D eigenvalue weighted by atomic mass is 9.96. The molecule has 3 aromatic rings. The number of benzene rings is 1. The summed E-state index contributed by atoms with van der Waals surface area (Å²) in [6.45, 7) is 2.82. The summed E-state index contributed by atoms with van der Waals surface area (Å²) < 4.78 is 43.9. The van der Waals surface area contributed by atoms with Gasteiger partial charge in [-0.3, -0.25) is 10.1 Å². The number of furan rings is 1. The number of guanidine groups is 1. The average Bonchev–Trinajstić information content (AvgIpc) is 3.41. The molecule has 0 spiro atoms. The van der Waals surface area contributed by atoms with Crippen LogP contribution in [-0.2, 0) is 12.7 Å². The maximum atomic E-state index is 12.9. The van der Waals surface area contributed by atoms with Gasteiger partial charge in [-0.1, -0.05) is 25.1 Å². The molecule has 0 saturated carbocycles. The summed E-state index contributed by atoms with van der Waals surface area (Å²) in [5, 5.41) is 13.2. The standard InChI is InChI=1S/C20H23F3N6O/c1-13(14-5-3-6-15(11-14)20(21,22)23)8-9-25-19(24-2)26-12-17-27-18(29-28-17)16-7-4-10-30-16/h3-7,10-11,13H,8-9,12H2,1-2H3,(H2,24,25,26)(H,27,28,29). The number of alkyl halides is 3. The van der Waals surface area contributed by atoms with Crippen LogP contribution >= 0.6 is 0 Å². The van der Waals surface area contributed by atoms with E-state index in [0.29, 0.717) is 48.4 Å². The molecule has 2 heterocycles. The monoisotopic (exact) mass is 420 g/mol. The maximum absolute atomic E-state index is 12.9. The Bertz CT molecular complexity index is 965. The van der Waals surface area contributed by atoms with Gasteiger partial charge in [-0.15, -0.1) is 5.10 Å². The van der Waals surface area contributed by atoms with Crippen molar-refractivity contribution in [3.63, 3.8) is 0 Å². The van der Waals surface area contributed by atoms with Crippen LogP contribution < -0.4 is 10.6 Å². The van der Waals surface area contributed by atoms with Gasteiger partial charge < -0.3 is 15.1 Å². The lowest BCUT2D eigenvalue weighted by Crippen LogP contribution is -2.37. The predicted octanol–water partition coefficient (Wildman–Crippen LogP) is 3.94. The number of nitrogens with one attached hydrogen (secondary N) is 3. The van der Waals surface area contributed by atoms with Crippen molar-refractivity contribution >= 4 is 5.96 Å². The fraction of sp³-hybridized carbons (Fsp3) is 0.350. The molecule has 1 unspecified atom stereocenters. The van der Waals surface area contributed by atoms with E-state index in [4.69, 9.17) is 4.42 Å². The van der Waals surface area contributed by atoms with Gasteiger partial charge in [0, 0.05) is 13.6 Å². The second-order valence-electron chi connectivity index (χ2n) is 6.75. The molecular formula is C20H23F3N6O. The van der Waals surface area contributed by atoms with Crippen LogP contribution in [0.5, 0.6) is 0 Å². The van der Waals surface area contributed by atoms with Crippen LogP contribution in [0.2, 0.25) is 0 Å². The van der Waals surface area contributed by atoms with Crippen LogP contribution in [0.25, 0.3) is 11.6 Å². The number of hydrogen-bond donors (Lipinski definition) is 3. The molecule has 2 aromatic heterocycles. The highest BCUT2D eigenvalue weighted by Gasteiger charge is 2.30. The Balaban J connectivity index is 1.47. The van der Waals surface area contributed by atoms with Gasteiger partial charge in [-0.2, -0.15) is 13.2 Å². The van der Waals surface area contributed by atoms with E-state index in [9.17, 15) is 13.2 Å².